The van der Waals surface area contributed by atoms with Gasteiger partial charge in [-0.05, 0) is 70.3 Å². The van der Waals surface area contributed by atoms with Gasteiger partial charge in [-0.2, -0.15) is 0 Å². The lowest BCUT2D eigenvalue weighted by atomic mass is 9.79. The molecular weight excluding hydrogens is 391 g/mol. The van der Waals surface area contributed by atoms with Crippen LogP contribution < -0.4 is 5.46 Å². The number of nitrogens with zero attached hydrogens (tertiary/aromatic N) is 2. The third-order valence-corrected chi connectivity index (χ3v) is 5.36. The van der Waals surface area contributed by atoms with E-state index in [9.17, 15) is 0 Å². The van der Waals surface area contributed by atoms with E-state index in [2.05, 4.69) is 73.5 Å². The number of hydrogen-bond acceptors (Lipinski definition) is 4. The van der Waals surface area contributed by atoms with Crippen LogP contribution in [0.15, 0.2) is 41.1 Å². The van der Waals surface area contributed by atoms with Gasteiger partial charge < -0.3 is 9.31 Å². The average Bonchev–Trinajstić information content (AvgIpc) is 2.83. The van der Waals surface area contributed by atoms with Crippen molar-refractivity contribution in [1.29, 1.82) is 0 Å². The molecule has 0 radical (unpaired) electrons. The van der Waals surface area contributed by atoms with Crippen LogP contribution in [0.25, 0.3) is 0 Å². The zero-order chi connectivity index (χ0) is 19.4. The van der Waals surface area contributed by atoms with E-state index in [4.69, 9.17) is 9.31 Å². The Labute approximate surface area is 166 Å². The third kappa shape index (κ3) is 5.15. The van der Waals surface area contributed by atoms with Gasteiger partial charge in [0.05, 0.1) is 11.2 Å². The molecule has 0 aromatic carbocycles. The minimum atomic E-state index is -0.284. The van der Waals surface area contributed by atoms with Crippen molar-refractivity contribution in [3.05, 3.63) is 52.5 Å². The molecule has 26 heavy (non-hydrogen) atoms. The Balaban J connectivity index is 0.000000228. The normalized spacial score (nSPS) is 17.6. The van der Waals surface area contributed by atoms with E-state index in [1.807, 2.05) is 30.6 Å². The first kappa shape index (κ1) is 21.1. The Morgan fingerprint density at radius 2 is 1.38 bits per heavy atom. The summed E-state index contributed by atoms with van der Waals surface area (Å²) in [6.45, 7) is 12.4. The van der Waals surface area contributed by atoms with Gasteiger partial charge in [0.2, 0.25) is 0 Å². The third-order valence-electron chi connectivity index (χ3n) is 4.87. The second-order valence-electron chi connectivity index (χ2n) is 7.34. The van der Waals surface area contributed by atoms with Crippen LogP contribution in [0.2, 0.25) is 0 Å². The predicted octanol–water partition coefficient (Wildman–Crippen LogP) is 4.35. The molecule has 1 aliphatic rings. The lowest BCUT2D eigenvalue weighted by Gasteiger charge is -2.32. The van der Waals surface area contributed by atoms with Crippen LogP contribution in [0.5, 0.6) is 0 Å². The zero-order valence-corrected chi connectivity index (χ0v) is 18.1. The van der Waals surface area contributed by atoms with Gasteiger partial charge in [0.15, 0.2) is 0 Å². The van der Waals surface area contributed by atoms with Crippen LogP contribution in [0.1, 0.15) is 52.9 Å². The molecule has 4 nitrogen and oxygen atoms in total. The fourth-order valence-corrected chi connectivity index (χ4v) is 2.84. The highest BCUT2D eigenvalue weighted by molar-refractivity contribution is 9.10. The smallest absolute Gasteiger partial charge is 0.399 e. The minimum absolute atomic E-state index is 0.284. The van der Waals surface area contributed by atoms with E-state index in [1.54, 1.807) is 0 Å². The first-order valence-electron chi connectivity index (χ1n) is 9.09. The van der Waals surface area contributed by atoms with E-state index >= 15 is 0 Å². The van der Waals surface area contributed by atoms with E-state index in [1.165, 1.54) is 0 Å². The molecule has 1 aliphatic heterocycles. The summed E-state index contributed by atoms with van der Waals surface area (Å²) in [5, 5.41) is 0. The van der Waals surface area contributed by atoms with Crippen LogP contribution in [0.4, 0.5) is 0 Å². The molecule has 0 N–H and O–H groups in total. The molecule has 3 rings (SSSR count). The summed E-state index contributed by atoms with van der Waals surface area (Å²) in [6.07, 6.45) is 5.55. The van der Waals surface area contributed by atoms with Gasteiger partial charge in [-0.15, -0.1) is 0 Å². The maximum Gasteiger partial charge on any atom is 0.494 e. The number of aromatic nitrogens is 2. The summed E-state index contributed by atoms with van der Waals surface area (Å²) in [7, 11) is -0.284. The number of halogens is 1. The molecule has 1 fully saturated rings. The SMILES string of the molecule is CCc1cc(B2OC(C)(C)C(C)(C)O2)ccn1.CCc1cc(Br)ccn1. The molecule has 0 unspecified atom stereocenters. The molecule has 0 spiro atoms. The number of rotatable bonds is 3. The van der Waals surface area contributed by atoms with Crippen molar-refractivity contribution in [2.24, 2.45) is 0 Å². The molecule has 0 aliphatic carbocycles. The van der Waals surface area contributed by atoms with Crippen molar-refractivity contribution >= 4 is 28.5 Å². The second-order valence-corrected chi connectivity index (χ2v) is 8.26. The standard InChI is InChI=1S/C13H20BNO2.C7H8BrN/c1-6-11-9-10(7-8-15-11)14-16-12(2,3)13(4,5)17-14;1-2-7-5-6(8)3-4-9-7/h7-9H,6H2,1-5H3;3-5H,2H2,1H3. The van der Waals surface area contributed by atoms with E-state index in [0.29, 0.717) is 0 Å². The molecule has 0 bridgehead atoms. The summed E-state index contributed by atoms with van der Waals surface area (Å²) in [4.78, 5) is 8.42. The first-order chi connectivity index (χ1) is 12.2. The highest BCUT2D eigenvalue weighted by Gasteiger charge is 2.51. The maximum absolute atomic E-state index is 6.00. The molecule has 1 saturated heterocycles. The van der Waals surface area contributed by atoms with Gasteiger partial charge in [-0.25, -0.2) is 0 Å². The maximum atomic E-state index is 6.00. The second kappa shape index (κ2) is 8.64. The summed E-state index contributed by atoms with van der Waals surface area (Å²) < 4.78 is 13.1. The lowest BCUT2D eigenvalue weighted by molar-refractivity contribution is 0.00578. The molecule has 2 aromatic rings. The van der Waals surface area contributed by atoms with E-state index in [-0.39, 0.29) is 18.3 Å². The number of hydrogen-bond donors (Lipinski definition) is 0. The molecule has 140 valence electrons. The van der Waals surface area contributed by atoms with Crippen LogP contribution in [0.3, 0.4) is 0 Å². The summed E-state index contributed by atoms with van der Waals surface area (Å²) in [6, 6.07) is 7.97. The van der Waals surface area contributed by atoms with Gasteiger partial charge in [0, 0.05) is 28.3 Å². The Morgan fingerprint density at radius 1 is 0.885 bits per heavy atom. The van der Waals surface area contributed by atoms with Crippen LogP contribution >= 0.6 is 15.9 Å². The van der Waals surface area contributed by atoms with Crippen molar-refractivity contribution in [3.8, 4) is 0 Å². The van der Waals surface area contributed by atoms with Gasteiger partial charge in [-0.3, -0.25) is 9.97 Å². The summed E-state index contributed by atoms with van der Waals surface area (Å²) in [5.74, 6) is 0. The molecule has 2 aromatic heterocycles. The van der Waals surface area contributed by atoms with Crippen LogP contribution in [0, 0.1) is 0 Å². The van der Waals surface area contributed by atoms with Gasteiger partial charge in [0.25, 0.3) is 0 Å². The molecule has 6 heteroatoms. The largest absolute Gasteiger partial charge is 0.494 e. The van der Waals surface area contributed by atoms with Crippen molar-refractivity contribution in [2.45, 2.75) is 65.6 Å². The first-order valence-corrected chi connectivity index (χ1v) is 9.88. The summed E-state index contributed by atoms with van der Waals surface area (Å²) >= 11 is 3.36. The highest BCUT2D eigenvalue weighted by Crippen LogP contribution is 2.36. The molecule has 3 heterocycles. The molecule has 0 atom stereocenters. The lowest BCUT2D eigenvalue weighted by Crippen LogP contribution is -2.41. The fraction of sp³-hybridized carbons (Fsp3) is 0.500. The van der Waals surface area contributed by atoms with Gasteiger partial charge >= 0.3 is 7.12 Å². The Morgan fingerprint density at radius 3 is 1.85 bits per heavy atom. The Kier molecular flexibility index (Phi) is 7.00. The predicted molar refractivity (Wildman–Crippen MR) is 111 cm³/mol. The van der Waals surface area contributed by atoms with Crippen molar-refractivity contribution in [1.82, 2.24) is 9.97 Å². The Hall–Kier alpha value is -1.24. The quantitative estimate of drug-likeness (QED) is 0.695. The highest BCUT2D eigenvalue weighted by atomic mass is 79.9. The Bertz CT molecular complexity index is 721. The summed E-state index contributed by atoms with van der Waals surface area (Å²) in [5.41, 5.74) is 2.68. The van der Waals surface area contributed by atoms with Gasteiger partial charge in [-0.1, -0.05) is 29.8 Å². The van der Waals surface area contributed by atoms with Crippen molar-refractivity contribution in [3.63, 3.8) is 0 Å². The fourth-order valence-electron chi connectivity index (χ4n) is 2.46. The van der Waals surface area contributed by atoms with Crippen molar-refractivity contribution in [2.75, 3.05) is 0 Å². The van der Waals surface area contributed by atoms with Gasteiger partial charge in [0.1, 0.15) is 0 Å². The monoisotopic (exact) mass is 418 g/mol. The van der Waals surface area contributed by atoms with Crippen LogP contribution in [-0.2, 0) is 22.2 Å². The average molecular weight is 419 g/mol. The van der Waals surface area contributed by atoms with E-state index < -0.39 is 0 Å². The minimum Gasteiger partial charge on any atom is -0.399 e. The molecular formula is C20H28BBrN2O2. The van der Waals surface area contributed by atoms with Crippen LogP contribution in [-0.4, -0.2) is 28.3 Å². The van der Waals surface area contributed by atoms with Crippen molar-refractivity contribution < 1.29 is 9.31 Å². The topological polar surface area (TPSA) is 44.2 Å². The molecule has 0 saturated carbocycles. The number of aryl methyl sites for hydroxylation is 2. The van der Waals surface area contributed by atoms with E-state index in [0.717, 1.165) is 34.2 Å². The zero-order valence-electron chi connectivity index (χ0n) is 16.5. The number of pyridine rings is 2. The molecule has 0 amide bonds.